The Balaban J connectivity index is 2.10. The van der Waals surface area contributed by atoms with E-state index in [2.05, 4.69) is 26.6 Å². The minimum Gasteiger partial charge on any atom is -0.397 e. The monoisotopic (exact) mass is 283 g/mol. The fourth-order valence-corrected chi connectivity index (χ4v) is 2.09. The molecule has 0 heterocycles. The summed E-state index contributed by atoms with van der Waals surface area (Å²) < 4.78 is 0.913. The van der Waals surface area contributed by atoms with Crippen LogP contribution in [0.1, 0.15) is 18.4 Å². The number of nitrogens with two attached hydrogens (primary N) is 1. The molecule has 86 valence electrons. The largest absolute Gasteiger partial charge is 0.397 e. The molecule has 0 saturated heterocycles. The minimum absolute atomic E-state index is 0.181. The number of hydrogen-bond donors (Lipinski definition) is 3. The molecule has 1 aromatic rings. The average Bonchev–Trinajstić information content (AvgIpc) is 2.95. The van der Waals surface area contributed by atoms with Crippen molar-refractivity contribution in [3.8, 4) is 0 Å². The molecule has 0 aromatic heterocycles. The predicted octanol–water partition coefficient (Wildman–Crippen LogP) is 2.62. The van der Waals surface area contributed by atoms with Crippen LogP contribution in [0, 0.1) is 6.92 Å². The highest BCUT2D eigenvalue weighted by Crippen LogP contribution is 2.28. The predicted molar refractivity (Wildman–Crippen MR) is 68.5 cm³/mol. The summed E-state index contributed by atoms with van der Waals surface area (Å²) in [4.78, 5) is 11.6. The van der Waals surface area contributed by atoms with Gasteiger partial charge >= 0.3 is 6.03 Å². The molecule has 0 unspecified atom stereocenters. The first-order chi connectivity index (χ1) is 7.56. The minimum atomic E-state index is -0.181. The molecule has 16 heavy (non-hydrogen) atoms. The fourth-order valence-electron chi connectivity index (χ4n) is 1.50. The van der Waals surface area contributed by atoms with Crippen LogP contribution in [0.4, 0.5) is 16.2 Å². The summed E-state index contributed by atoms with van der Waals surface area (Å²) >= 11 is 3.36. The molecule has 2 amide bonds. The van der Waals surface area contributed by atoms with Crippen molar-refractivity contribution in [1.29, 1.82) is 0 Å². The summed E-state index contributed by atoms with van der Waals surface area (Å²) in [6.07, 6.45) is 2.14. The molecule has 0 bridgehead atoms. The van der Waals surface area contributed by atoms with Crippen LogP contribution in [0.5, 0.6) is 0 Å². The number of amides is 2. The van der Waals surface area contributed by atoms with Gasteiger partial charge in [-0.1, -0.05) is 15.9 Å². The SMILES string of the molecule is Cc1cc(Br)cc(N)c1NC(=O)NC1CC1. The molecule has 2 rings (SSSR count). The van der Waals surface area contributed by atoms with Crippen LogP contribution < -0.4 is 16.4 Å². The Bertz CT molecular complexity index is 406. The number of nitrogen functional groups attached to an aromatic ring is 1. The van der Waals surface area contributed by atoms with Crippen LogP contribution in [0.2, 0.25) is 0 Å². The maximum atomic E-state index is 11.6. The summed E-state index contributed by atoms with van der Waals surface area (Å²) in [5.74, 6) is 0. The molecule has 0 aliphatic heterocycles. The molecule has 5 heteroatoms. The summed E-state index contributed by atoms with van der Waals surface area (Å²) in [5.41, 5.74) is 8.04. The van der Waals surface area contributed by atoms with E-state index in [9.17, 15) is 4.79 Å². The Hall–Kier alpha value is -1.23. The van der Waals surface area contributed by atoms with Gasteiger partial charge in [0.15, 0.2) is 0 Å². The van der Waals surface area contributed by atoms with Crippen molar-refractivity contribution in [3.05, 3.63) is 22.2 Å². The van der Waals surface area contributed by atoms with Crippen molar-refractivity contribution in [3.63, 3.8) is 0 Å². The average molecular weight is 284 g/mol. The second kappa shape index (κ2) is 4.33. The number of carbonyl (C=O) groups excluding carboxylic acids is 1. The van der Waals surface area contributed by atoms with Crippen molar-refractivity contribution >= 4 is 33.3 Å². The summed E-state index contributed by atoms with van der Waals surface area (Å²) in [6.45, 7) is 1.91. The normalized spacial score (nSPS) is 14.6. The first-order valence-corrected chi connectivity index (χ1v) is 5.98. The molecule has 1 fully saturated rings. The standard InChI is InChI=1S/C11H14BrN3O/c1-6-4-7(12)5-9(13)10(6)15-11(16)14-8-2-3-8/h4-5,8H,2-3,13H2,1H3,(H2,14,15,16). The third-order valence-corrected chi connectivity index (χ3v) is 2.94. The van der Waals surface area contributed by atoms with Crippen LogP contribution in [0.25, 0.3) is 0 Å². The molecule has 1 aliphatic carbocycles. The Morgan fingerprint density at radius 3 is 2.75 bits per heavy atom. The maximum absolute atomic E-state index is 11.6. The van der Waals surface area contributed by atoms with Crippen LogP contribution in [-0.4, -0.2) is 12.1 Å². The molecular weight excluding hydrogens is 270 g/mol. The number of carbonyl (C=O) groups is 1. The lowest BCUT2D eigenvalue weighted by atomic mass is 10.2. The molecule has 4 N–H and O–H groups in total. The zero-order chi connectivity index (χ0) is 11.7. The number of hydrogen-bond acceptors (Lipinski definition) is 2. The highest BCUT2D eigenvalue weighted by molar-refractivity contribution is 9.10. The first kappa shape index (κ1) is 11.3. The number of halogens is 1. The topological polar surface area (TPSA) is 67.1 Å². The van der Waals surface area contributed by atoms with Crippen LogP contribution in [0.3, 0.4) is 0 Å². The molecule has 1 saturated carbocycles. The van der Waals surface area contributed by atoms with Gasteiger partial charge in [0.2, 0.25) is 0 Å². The molecule has 1 aliphatic rings. The second-order valence-electron chi connectivity index (χ2n) is 4.06. The molecule has 1 aromatic carbocycles. The van der Waals surface area contributed by atoms with E-state index in [0.717, 1.165) is 22.9 Å². The highest BCUT2D eigenvalue weighted by atomic mass is 79.9. The fraction of sp³-hybridized carbons (Fsp3) is 0.364. The second-order valence-corrected chi connectivity index (χ2v) is 4.98. The lowest BCUT2D eigenvalue weighted by molar-refractivity contribution is 0.251. The number of benzene rings is 1. The number of anilines is 2. The highest BCUT2D eigenvalue weighted by Gasteiger charge is 2.23. The van der Waals surface area contributed by atoms with Gasteiger partial charge in [-0.25, -0.2) is 4.79 Å². The van der Waals surface area contributed by atoms with Gasteiger partial charge in [0.05, 0.1) is 11.4 Å². The van der Waals surface area contributed by atoms with Gasteiger partial charge in [-0.2, -0.15) is 0 Å². The number of aryl methyl sites for hydroxylation is 1. The Kier molecular flexibility index (Phi) is 3.05. The third kappa shape index (κ3) is 2.66. The van der Waals surface area contributed by atoms with Gasteiger partial charge in [0.25, 0.3) is 0 Å². The summed E-state index contributed by atoms with van der Waals surface area (Å²) in [7, 11) is 0. The Morgan fingerprint density at radius 1 is 1.50 bits per heavy atom. The van der Waals surface area contributed by atoms with E-state index in [1.165, 1.54) is 0 Å². The van der Waals surface area contributed by atoms with Crippen LogP contribution in [0.15, 0.2) is 16.6 Å². The van der Waals surface area contributed by atoms with E-state index in [1.54, 1.807) is 6.07 Å². The number of rotatable bonds is 2. The van der Waals surface area contributed by atoms with Gasteiger partial charge in [-0.15, -0.1) is 0 Å². The zero-order valence-corrected chi connectivity index (χ0v) is 10.6. The smallest absolute Gasteiger partial charge is 0.319 e. The van der Waals surface area contributed by atoms with E-state index in [1.807, 2.05) is 13.0 Å². The van der Waals surface area contributed by atoms with Crippen molar-refractivity contribution in [1.82, 2.24) is 5.32 Å². The summed E-state index contributed by atoms with van der Waals surface area (Å²) in [5, 5.41) is 5.64. The third-order valence-electron chi connectivity index (χ3n) is 2.48. The van der Waals surface area contributed by atoms with Crippen molar-refractivity contribution in [2.45, 2.75) is 25.8 Å². The van der Waals surface area contributed by atoms with Crippen molar-refractivity contribution in [2.24, 2.45) is 0 Å². The van der Waals surface area contributed by atoms with Crippen LogP contribution >= 0.6 is 15.9 Å². The quantitative estimate of drug-likeness (QED) is 0.731. The van der Waals surface area contributed by atoms with E-state index in [4.69, 9.17) is 5.73 Å². The van der Waals surface area contributed by atoms with Crippen molar-refractivity contribution < 1.29 is 4.79 Å². The van der Waals surface area contributed by atoms with Gasteiger partial charge < -0.3 is 16.4 Å². The number of urea groups is 1. The van der Waals surface area contributed by atoms with E-state index < -0.39 is 0 Å². The first-order valence-electron chi connectivity index (χ1n) is 5.19. The van der Waals surface area contributed by atoms with E-state index in [-0.39, 0.29) is 6.03 Å². The maximum Gasteiger partial charge on any atom is 0.319 e. The van der Waals surface area contributed by atoms with E-state index in [0.29, 0.717) is 17.4 Å². The van der Waals surface area contributed by atoms with Gasteiger partial charge in [-0.3, -0.25) is 0 Å². The molecule has 4 nitrogen and oxygen atoms in total. The lowest BCUT2D eigenvalue weighted by Gasteiger charge is -2.12. The molecule has 0 spiro atoms. The summed E-state index contributed by atoms with van der Waals surface area (Å²) in [6, 6.07) is 3.86. The van der Waals surface area contributed by atoms with Crippen LogP contribution in [-0.2, 0) is 0 Å². The Morgan fingerprint density at radius 2 is 2.19 bits per heavy atom. The van der Waals surface area contributed by atoms with Crippen molar-refractivity contribution in [2.75, 3.05) is 11.1 Å². The molecule has 0 radical (unpaired) electrons. The molecular formula is C11H14BrN3O. The van der Waals surface area contributed by atoms with Gasteiger partial charge in [-0.05, 0) is 37.5 Å². The van der Waals surface area contributed by atoms with E-state index >= 15 is 0 Å². The Labute approximate surface area is 103 Å². The lowest BCUT2D eigenvalue weighted by Crippen LogP contribution is -2.30. The van der Waals surface area contributed by atoms with Gasteiger partial charge in [0.1, 0.15) is 0 Å². The van der Waals surface area contributed by atoms with Gasteiger partial charge in [0, 0.05) is 10.5 Å². The number of nitrogens with one attached hydrogen (secondary N) is 2. The molecule has 0 atom stereocenters. The zero-order valence-electron chi connectivity index (χ0n) is 9.01.